The highest BCUT2D eigenvalue weighted by molar-refractivity contribution is 6.01. The molecule has 8 heteroatoms. The number of Topliss-reactive ketones (excluding diaryl/α,β-unsaturated/α-hetero) is 2. The van der Waals surface area contributed by atoms with Gasteiger partial charge in [0.15, 0.2) is 12.5 Å². The standard InChI is InChI=1S/C36H39N5O3.CH4/c37-21-24-3-7-27(8-4-24)34(43)20-31(36(44)40-32-14-11-28(12-15-32)35-38-22-39-41-35)17-23-1-5-25(6-2-23)29-10-9-26-13-16-33(42)19-30(26)18-29;/h1-2,5-6,9-12,14-15,18,24,27,31H,3-4,7-8,13,16-17,19-22,37H2,(H,40,44);1H4/t24?,27?,31-;/m1./s1. The Balaban J connectivity index is 0.00000400. The van der Waals surface area contributed by atoms with Gasteiger partial charge in [-0.2, -0.15) is 5.11 Å². The summed E-state index contributed by atoms with van der Waals surface area (Å²) in [4.78, 5) is 43.4. The van der Waals surface area contributed by atoms with Crippen LogP contribution in [0.25, 0.3) is 11.1 Å². The number of amidine groups is 1. The predicted octanol–water partition coefficient (Wildman–Crippen LogP) is 6.74. The summed E-state index contributed by atoms with van der Waals surface area (Å²) in [6.07, 6.45) is 6.25. The van der Waals surface area contributed by atoms with Gasteiger partial charge >= 0.3 is 0 Å². The fourth-order valence-corrected chi connectivity index (χ4v) is 6.62. The SMILES string of the molecule is C.NCC1CCC(C(=O)C[C@@H](Cc2ccc(-c3ccc4c(c3)CC(=O)CC4)cc2)C(=O)Nc2ccc(C3=NCN=N3)cc2)CC1. The molecule has 45 heavy (non-hydrogen) atoms. The van der Waals surface area contributed by atoms with Gasteiger partial charge in [-0.25, -0.2) is 4.99 Å². The number of benzene rings is 3. The van der Waals surface area contributed by atoms with Crippen LogP contribution in [0.4, 0.5) is 5.69 Å². The third kappa shape index (κ3) is 7.87. The first kappa shape index (κ1) is 32.1. The second-order valence-corrected chi connectivity index (χ2v) is 12.4. The molecule has 1 amide bonds. The number of nitrogens with zero attached hydrogens (tertiary/aromatic N) is 3. The number of hydrogen-bond donors (Lipinski definition) is 2. The van der Waals surface area contributed by atoms with Crippen LogP contribution in [0.15, 0.2) is 82.0 Å². The number of fused-ring (bicyclic) bond motifs is 1. The fourth-order valence-electron chi connectivity index (χ4n) is 6.62. The smallest absolute Gasteiger partial charge is 0.228 e. The molecule has 1 fully saturated rings. The predicted molar refractivity (Wildman–Crippen MR) is 178 cm³/mol. The zero-order valence-corrected chi connectivity index (χ0v) is 25.0. The van der Waals surface area contributed by atoms with Crippen LogP contribution in [0.5, 0.6) is 0 Å². The molecule has 0 unspecified atom stereocenters. The van der Waals surface area contributed by atoms with Gasteiger partial charge in [0, 0.05) is 42.3 Å². The van der Waals surface area contributed by atoms with Gasteiger partial charge in [0.2, 0.25) is 5.91 Å². The monoisotopic (exact) mass is 605 g/mol. The van der Waals surface area contributed by atoms with Crippen LogP contribution in [0, 0.1) is 17.8 Å². The minimum atomic E-state index is -0.497. The number of amides is 1. The van der Waals surface area contributed by atoms with E-state index < -0.39 is 5.92 Å². The van der Waals surface area contributed by atoms with Crippen LogP contribution >= 0.6 is 0 Å². The minimum Gasteiger partial charge on any atom is -0.330 e. The van der Waals surface area contributed by atoms with E-state index in [2.05, 4.69) is 50.9 Å². The molecule has 8 nitrogen and oxygen atoms in total. The van der Waals surface area contributed by atoms with Crippen molar-refractivity contribution >= 4 is 29.0 Å². The molecular formula is C37H43N5O3. The maximum atomic E-state index is 13.7. The van der Waals surface area contributed by atoms with Crippen molar-refractivity contribution in [3.8, 4) is 11.1 Å². The Morgan fingerprint density at radius 1 is 0.867 bits per heavy atom. The number of hydrogen-bond acceptors (Lipinski definition) is 7. The summed E-state index contributed by atoms with van der Waals surface area (Å²) in [5, 5.41) is 11.0. The van der Waals surface area contributed by atoms with Crippen molar-refractivity contribution in [2.75, 3.05) is 18.5 Å². The van der Waals surface area contributed by atoms with E-state index in [4.69, 9.17) is 5.73 Å². The van der Waals surface area contributed by atoms with Gasteiger partial charge in [-0.15, -0.1) is 5.11 Å². The number of aryl methyl sites for hydroxylation is 1. The average Bonchev–Trinajstić information content (AvgIpc) is 3.60. The Kier molecular flexibility index (Phi) is 10.5. The Hall–Kier alpha value is -4.30. The molecule has 3 aromatic carbocycles. The molecule has 0 spiro atoms. The molecule has 3 aliphatic rings. The lowest BCUT2D eigenvalue weighted by Crippen LogP contribution is -2.31. The number of anilines is 1. The lowest BCUT2D eigenvalue weighted by molar-refractivity contribution is -0.129. The van der Waals surface area contributed by atoms with Crippen molar-refractivity contribution < 1.29 is 14.4 Å². The summed E-state index contributed by atoms with van der Waals surface area (Å²) < 4.78 is 0. The molecule has 1 aliphatic heterocycles. The maximum Gasteiger partial charge on any atom is 0.228 e. The highest BCUT2D eigenvalue weighted by Gasteiger charge is 2.30. The summed E-state index contributed by atoms with van der Waals surface area (Å²) in [6.45, 7) is 1.01. The number of carbonyl (C=O) groups is 3. The summed E-state index contributed by atoms with van der Waals surface area (Å²) >= 11 is 0. The van der Waals surface area contributed by atoms with Crippen LogP contribution in [0.1, 0.15) is 68.2 Å². The zero-order valence-electron chi connectivity index (χ0n) is 25.0. The Morgan fingerprint density at radius 2 is 1.58 bits per heavy atom. The quantitative estimate of drug-likeness (QED) is 0.265. The van der Waals surface area contributed by atoms with E-state index >= 15 is 0 Å². The number of nitrogens with two attached hydrogens (primary N) is 1. The van der Waals surface area contributed by atoms with E-state index in [0.717, 1.165) is 59.9 Å². The van der Waals surface area contributed by atoms with Gasteiger partial charge in [-0.1, -0.05) is 49.9 Å². The Bertz CT molecular complexity index is 1590. The third-order valence-electron chi connectivity index (χ3n) is 9.35. The molecule has 6 rings (SSSR count). The highest BCUT2D eigenvalue weighted by Crippen LogP contribution is 2.32. The molecule has 0 saturated heterocycles. The molecular weight excluding hydrogens is 562 g/mol. The summed E-state index contributed by atoms with van der Waals surface area (Å²) in [5.41, 5.74) is 12.9. The first-order valence-corrected chi connectivity index (χ1v) is 15.7. The lowest BCUT2D eigenvalue weighted by Gasteiger charge is -2.27. The zero-order chi connectivity index (χ0) is 30.5. The van der Waals surface area contributed by atoms with Crippen molar-refractivity contribution in [3.05, 3.63) is 89.0 Å². The summed E-state index contributed by atoms with van der Waals surface area (Å²) in [5.74, 6) is 0.871. The fraction of sp³-hybridized carbons (Fsp3) is 0.405. The van der Waals surface area contributed by atoms with Crippen LogP contribution in [0.3, 0.4) is 0 Å². The van der Waals surface area contributed by atoms with Gasteiger partial charge in [0.25, 0.3) is 0 Å². The van der Waals surface area contributed by atoms with Crippen LogP contribution in [-0.2, 0) is 33.6 Å². The van der Waals surface area contributed by atoms with E-state index in [1.54, 1.807) is 0 Å². The van der Waals surface area contributed by atoms with Gasteiger partial charge in [0.05, 0.1) is 0 Å². The molecule has 0 aromatic heterocycles. The maximum absolute atomic E-state index is 13.7. The van der Waals surface area contributed by atoms with Gasteiger partial charge in [0.1, 0.15) is 11.6 Å². The van der Waals surface area contributed by atoms with Crippen molar-refractivity contribution in [1.82, 2.24) is 0 Å². The Morgan fingerprint density at radius 3 is 2.27 bits per heavy atom. The lowest BCUT2D eigenvalue weighted by atomic mass is 9.77. The molecule has 1 heterocycles. The van der Waals surface area contributed by atoms with Crippen molar-refractivity contribution in [2.24, 2.45) is 38.7 Å². The van der Waals surface area contributed by atoms with Crippen LogP contribution < -0.4 is 11.1 Å². The number of aliphatic imine (C=N–C) groups is 1. The number of ketones is 2. The molecule has 1 atom stereocenters. The normalized spacial score (nSPS) is 19.7. The van der Waals surface area contributed by atoms with Gasteiger partial charge in [-0.05, 0) is 103 Å². The van der Waals surface area contributed by atoms with E-state index in [1.165, 1.54) is 5.56 Å². The number of carbonyl (C=O) groups excluding carboxylic acids is 3. The topological polar surface area (TPSA) is 126 Å². The van der Waals surface area contributed by atoms with Crippen LogP contribution in [-0.4, -0.2) is 36.5 Å². The van der Waals surface area contributed by atoms with Crippen molar-refractivity contribution in [1.29, 1.82) is 0 Å². The van der Waals surface area contributed by atoms with E-state index in [9.17, 15) is 14.4 Å². The number of azo groups is 1. The molecule has 0 bridgehead atoms. The number of rotatable bonds is 10. The minimum absolute atomic E-state index is 0. The van der Waals surface area contributed by atoms with Gasteiger partial charge < -0.3 is 11.1 Å². The first-order chi connectivity index (χ1) is 21.4. The molecule has 0 radical (unpaired) electrons. The molecule has 3 aromatic rings. The summed E-state index contributed by atoms with van der Waals surface area (Å²) in [7, 11) is 0. The Labute approximate surface area is 265 Å². The van der Waals surface area contributed by atoms with E-state index in [-0.39, 0.29) is 31.5 Å². The largest absolute Gasteiger partial charge is 0.330 e. The van der Waals surface area contributed by atoms with E-state index in [1.807, 2.05) is 36.4 Å². The first-order valence-electron chi connectivity index (χ1n) is 15.7. The molecule has 234 valence electrons. The van der Waals surface area contributed by atoms with Gasteiger partial charge in [-0.3, -0.25) is 14.4 Å². The third-order valence-corrected chi connectivity index (χ3v) is 9.35. The number of nitrogens with one attached hydrogen (secondary N) is 1. The molecule has 2 aliphatic carbocycles. The second-order valence-electron chi connectivity index (χ2n) is 12.4. The van der Waals surface area contributed by atoms with Crippen molar-refractivity contribution in [3.63, 3.8) is 0 Å². The van der Waals surface area contributed by atoms with Crippen LogP contribution in [0.2, 0.25) is 0 Å². The molecule has 3 N–H and O–H groups in total. The van der Waals surface area contributed by atoms with E-state index in [0.29, 0.717) is 55.7 Å². The average molecular weight is 606 g/mol. The summed E-state index contributed by atoms with van der Waals surface area (Å²) in [6, 6.07) is 22.0. The highest BCUT2D eigenvalue weighted by atomic mass is 16.2. The molecule has 1 saturated carbocycles. The van der Waals surface area contributed by atoms with Crippen molar-refractivity contribution in [2.45, 2.75) is 65.2 Å². The second kappa shape index (κ2) is 14.7.